The van der Waals surface area contributed by atoms with Crippen LogP contribution in [0.4, 0.5) is 13.2 Å². The van der Waals surface area contributed by atoms with Crippen molar-refractivity contribution >= 4 is 0 Å². The Bertz CT molecular complexity index is 590. The molecule has 1 unspecified atom stereocenters. The molecule has 0 saturated carbocycles. The van der Waals surface area contributed by atoms with Gasteiger partial charge >= 0.3 is 6.18 Å². The second-order valence-corrected chi connectivity index (χ2v) is 4.62. The van der Waals surface area contributed by atoms with Crippen LogP contribution in [0.25, 0.3) is 0 Å². The van der Waals surface area contributed by atoms with Gasteiger partial charge in [0.15, 0.2) is 0 Å². The summed E-state index contributed by atoms with van der Waals surface area (Å²) in [6.07, 6.45) is -3.66. The summed E-state index contributed by atoms with van der Waals surface area (Å²) >= 11 is 0. The zero-order chi connectivity index (χ0) is 14.8. The molecule has 1 atom stereocenters. The molecule has 0 aromatic heterocycles. The lowest BCUT2D eigenvalue weighted by molar-refractivity contribution is -0.138. The van der Waals surface area contributed by atoms with Gasteiger partial charge in [-0.1, -0.05) is 49.4 Å². The van der Waals surface area contributed by atoms with E-state index in [9.17, 15) is 13.2 Å². The van der Waals surface area contributed by atoms with Gasteiger partial charge < -0.3 is 5.73 Å². The Kier molecular flexibility index (Phi) is 4.14. The van der Waals surface area contributed by atoms with Gasteiger partial charge in [-0.2, -0.15) is 13.2 Å². The first-order valence-corrected chi connectivity index (χ1v) is 6.44. The lowest BCUT2D eigenvalue weighted by atomic mass is 9.91. The van der Waals surface area contributed by atoms with Gasteiger partial charge in [0.25, 0.3) is 0 Å². The third-order valence-corrected chi connectivity index (χ3v) is 3.37. The minimum absolute atomic E-state index is 0.112. The molecule has 0 aliphatic carbocycles. The molecule has 4 heteroatoms. The molecule has 0 aliphatic rings. The predicted octanol–water partition coefficient (Wildman–Crippen LogP) is 4.32. The SMILES string of the molecule is CCc1ccccc1C(N)c1ccccc1C(F)(F)F. The van der Waals surface area contributed by atoms with Gasteiger partial charge in [-0.25, -0.2) is 0 Å². The molecule has 20 heavy (non-hydrogen) atoms. The van der Waals surface area contributed by atoms with Crippen LogP contribution in [0.15, 0.2) is 48.5 Å². The van der Waals surface area contributed by atoms with Gasteiger partial charge in [0.1, 0.15) is 0 Å². The zero-order valence-corrected chi connectivity index (χ0v) is 11.1. The fourth-order valence-corrected chi connectivity index (χ4v) is 2.35. The molecule has 2 aromatic rings. The van der Waals surface area contributed by atoms with Gasteiger partial charge in [-0.3, -0.25) is 0 Å². The number of halogens is 3. The zero-order valence-electron chi connectivity index (χ0n) is 11.1. The van der Waals surface area contributed by atoms with Crippen molar-refractivity contribution in [2.45, 2.75) is 25.6 Å². The van der Waals surface area contributed by atoms with Crippen LogP contribution in [0.5, 0.6) is 0 Å². The highest BCUT2D eigenvalue weighted by Crippen LogP contribution is 2.36. The molecule has 0 amide bonds. The van der Waals surface area contributed by atoms with E-state index in [0.717, 1.165) is 23.6 Å². The summed E-state index contributed by atoms with van der Waals surface area (Å²) < 4.78 is 39.2. The summed E-state index contributed by atoms with van der Waals surface area (Å²) in [7, 11) is 0. The van der Waals surface area contributed by atoms with Crippen molar-refractivity contribution < 1.29 is 13.2 Å². The smallest absolute Gasteiger partial charge is 0.320 e. The molecule has 2 N–H and O–H groups in total. The average Bonchev–Trinajstić information content (AvgIpc) is 2.45. The number of nitrogens with two attached hydrogens (primary N) is 1. The Morgan fingerprint density at radius 1 is 0.950 bits per heavy atom. The van der Waals surface area contributed by atoms with E-state index in [-0.39, 0.29) is 5.56 Å². The van der Waals surface area contributed by atoms with E-state index in [0.29, 0.717) is 0 Å². The number of alkyl halides is 3. The lowest BCUT2D eigenvalue weighted by Gasteiger charge is -2.20. The van der Waals surface area contributed by atoms with Crippen LogP contribution in [0.1, 0.15) is 35.2 Å². The van der Waals surface area contributed by atoms with E-state index in [1.165, 1.54) is 12.1 Å². The van der Waals surface area contributed by atoms with E-state index >= 15 is 0 Å². The maximum absolute atomic E-state index is 13.1. The van der Waals surface area contributed by atoms with Crippen molar-refractivity contribution in [2.24, 2.45) is 5.73 Å². The first-order valence-electron chi connectivity index (χ1n) is 6.44. The molecule has 2 aromatic carbocycles. The topological polar surface area (TPSA) is 26.0 Å². The van der Waals surface area contributed by atoms with Crippen LogP contribution in [0, 0.1) is 0 Å². The Labute approximate surface area is 116 Å². The van der Waals surface area contributed by atoms with Gasteiger partial charge in [-0.05, 0) is 29.2 Å². The molecule has 0 heterocycles. The van der Waals surface area contributed by atoms with Crippen LogP contribution < -0.4 is 5.73 Å². The molecular formula is C16H16F3N. The van der Waals surface area contributed by atoms with Crippen LogP contribution in [-0.4, -0.2) is 0 Å². The van der Waals surface area contributed by atoms with Crippen LogP contribution in [0.3, 0.4) is 0 Å². The molecule has 0 bridgehead atoms. The van der Waals surface area contributed by atoms with Gasteiger partial charge in [0.2, 0.25) is 0 Å². The second-order valence-electron chi connectivity index (χ2n) is 4.62. The van der Waals surface area contributed by atoms with Crippen molar-refractivity contribution in [3.8, 4) is 0 Å². The van der Waals surface area contributed by atoms with Gasteiger partial charge in [0, 0.05) is 0 Å². The minimum atomic E-state index is -4.39. The first-order chi connectivity index (χ1) is 9.45. The van der Waals surface area contributed by atoms with Crippen LogP contribution >= 0.6 is 0 Å². The fourth-order valence-electron chi connectivity index (χ4n) is 2.35. The van der Waals surface area contributed by atoms with Crippen molar-refractivity contribution in [1.82, 2.24) is 0 Å². The lowest BCUT2D eigenvalue weighted by Crippen LogP contribution is -2.19. The Balaban J connectivity index is 2.52. The highest BCUT2D eigenvalue weighted by atomic mass is 19.4. The number of hydrogen-bond donors (Lipinski definition) is 1. The average molecular weight is 279 g/mol. The summed E-state index contributed by atoms with van der Waals surface area (Å²) in [5.74, 6) is 0. The summed E-state index contributed by atoms with van der Waals surface area (Å²) in [6.45, 7) is 1.96. The molecular weight excluding hydrogens is 263 g/mol. The van der Waals surface area contributed by atoms with E-state index in [1.807, 2.05) is 19.1 Å². The molecule has 1 nitrogen and oxygen atoms in total. The van der Waals surface area contributed by atoms with E-state index in [1.54, 1.807) is 18.2 Å². The normalized spacial score (nSPS) is 13.2. The molecule has 0 aliphatic heterocycles. The summed E-state index contributed by atoms with van der Waals surface area (Å²) in [5.41, 5.74) is 7.25. The highest BCUT2D eigenvalue weighted by Gasteiger charge is 2.34. The number of rotatable bonds is 3. The fraction of sp³-hybridized carbons (Fsp3) is 0.250. The number of benzene rings is 2. The molecule has 106 valence electrons. The summed E-state index contributed by atoms with van der Waals surface area (Å²) in [6, 6.07) is 12.1. The van der Waals surface area contributed by atoms with Crippen LogP contribution in [0.2, 0.25) is 0 Å². The monoisotopic (exact) mass is 279 g/mol. The number of hydrogen-bond acceptors (Lipinski definition) is 1. The van der Waals surface area contributed by atoms with E-state index in [2.05, 4.69) is 0 Å². The molecule has 0 fully saturated rings. The predicted molar refractivity (Wildman–Crippen MR) is 73.3 cm³/mol. The maximum Gasteiger partial charge on any atom is 0.416 e. The summed E-state index contributed by atoms with van der Waals surface area (Å²) in [5, 5.41) is 0. The Morgan fingerprint density at radius 3 is 2.10 bits per heavy atom. The quantitative estimate of drug-likeness (QED) is 0.889. The third kappa shape index (κ3) is 2.85. The standard InChI is InChI=1S/C16H16F3N/c1-2-11-7-3-4-8-12(11)15(20)13-9-5-6-10-14(13)16(17,18)19/h3-10,15H,2,20H2,1H3. The second kappa shape index (κ2) is 5.67. The van der Waals surface area contributed by atoms with Crippen molar-refractivity contribution in [3.05, 3.63) is 70.8 Å². The Morgan fingerprint density at radius 2 is 1.50 bits per heavy atom. The first kappa shape index (κ1) is 14.6. The molecule has 0 spiro atoms. The number of aryl methyl sites for hydroxylation is 1. The maximum atomic E-state index is 13.1. The van der Waals surface area contributed by atoms with Crippen molar-refractivity contribution in [2.75, 3.05) is 0 Å². The van der Waals surface area contributed by atoms with Gasteiger partial charge in [0.05, 0.1) is 11.6 Å². The van der Waals surface area contributed by atoms with Crippen LogP contribution in [-0.2, 0) is 12.6 Å². The summed E-state index contributed by atoms with van der Waals surface area (Å²) in [4.78, 5) is 0. The van der Waals surface area contributed by atoms with E-state index in [4.69, 9.17) is 5.73 Å². The van der Waals surface area contributed by atoms with Gasteiger partial charge in [-0.15, -0.1) is 0 Å². The molecule has 0 saturated heterocycles. The minimum Gasteiger partial charge on any atom is -0.320 e. The molecule has 0 radical (unpaired) electrons. The van der Waals surface area contributed by atoms with E-state index < -0.39 is 17.8 Å². The Hall–Kier alpha value is -1.81. The largest absolute Gasteiger partial charge is 0.416 e. The van der Waals surface area contributed by atoms with Crippen molar-refractivity contribution in [3.63, 3.8) is 0 Å². The molecule has 2 rings (SSSR count). The highest BCUT2D eigenvalue weighted by molar-refractivity contribution is 5.41. The third-order valence-electron chi connectivity index (χ3n) is 3.37. The van der Waals surface area contributed by atoms with Crippen molar-refractivity contribution in [1.29, 1.82) is 0 Å².